The lowest BCUT2D eigenvalue weighted by Crippen LogP contribution is -1.98. The summed E-state index contributed by atoms with van der Waals surface area (Å²) in [5.41, 5.74) is 2.44. The Morgan fingerprint density at radius 2 is 1.26 bits per heavy atom. The topological polar surface area (TPSA) is 18.5 Å². The molecule has 0 aliphatic heterocycles. The average molecular weight is 447 g/mol. The predicted octanol–water partition coefficient (Wildman–Crippen LogP) is 7.33. The van der Waals surface area contributed by atoms with Crippen molar-refractivity contribution in [3.05, 3.63) is 47.5 Å². The van der Waals surface area contributed by atoms with Crippen molar-refractivity contribution < 1.29 is 9.47 Å². The molecule has 0 aromatic heterocycles. The molecule has 0 aliphatic carbocycles. The molecule has 3 rings (SSSR count). The van der Waals surface area contributed by atoms with Crippen LogP contribution in [0.4, 0.5) is 0 Å². The molecule has 0 heterocycles. The van der Waals surface area contributed by atoms with Gasteiger partial charge in [-0.1, -0.05) is 51.2 Å². The van der Waals surface area contributed by atoms with Gasteiger partial charge < -0.3 is 9.47 Å². The first kappa shape index (κ1) is 24.7. The fourth-order valence-electron chi connectivity index (χ4n) is 4.08. The fourth-order valence-corrected chi connectivity index (χ4v) is 4.08. The van der Waals surface area contributed by atoms with E-state index < -0.39 is 0 Å². The standard InChI is InChI=1S/C32H30O2/c1-5-7-9-11-13-15-21-33-27-17-19-29-26(4)32-24-28(34-22-16-14-12-10-8-6-2)18-20-30(32)25(3)31(29)23-27/h1,17-20,23-24H,6,8,10,12,14,16,22H2,2-4H3. The second-order valence-electron chi connectivity index (χ2n) is 8.25. The molecule has 2 nitrogen and oxygen atoms in total. The number of ether oxygens (including phenoxy) is 2. The minimum atomic E-state index is 0.678. The Hall–Kier alpha value is -3.98. The molecule has 0 N–H and O–H groups in total. The van der Waals surface area contributed by atoms with E-state index in [4.69, 9.17) is 15.9 Å². The molecule has 3 aromatic rings. The third kappa shape index (κ3) is 6.52. The highest BCUT2D eigenvalue weighted by Crippen LogP contribution is 2.35. The van der Waals surface area contributed by atoms with Gasteiger partial charge in [0.2, 0.25) is 0 Å². The van der Waals surface area contributed by atoms with Gasteiger partial charge in [0.25, 0.3) is 0 Å². The number of unbranched alkanes of at least 4 members (excludes halogenated alkanes) is 5. The van der Waals surface area contributed by atoms with Crippen molar-refractivity contribution in [3.8, 4) is 59.6 Å². The summed E-state index contributed by atoms with van der Waals surface area (Å²) in [6, 6.07) is 12.5. The van der Waals surface area contributed by atoms with Gasteiger partial charge in [-0.05, 0) is 95.0 Å². The Bertz CT molecular complexity index is 1390. The number of hydrogen-bond donors (Lipinski definition) is 0. The van der Waals surface area contributed by atoms with Gasteiger partial charge in [-0.2, -0.15) is 0 Å². The second-order valence-corrected chi connectivity index (χ2v) is 8.25. The third-order valence-electron chi connectivity index (χ3n) is 5.91. The third-order valence-corrected chi connectivity index (χ3v) is 5.91. The first-order chi connectivity index (χ1) is 16.7. The number of rotatable bonds is 9. The summed E-state index contributed by atoms with van der Waals surface area (Å²) in [5, 5.41) is 4.79. The minimum absolute atomic E-state index is 0.678. The van der Waals surface area contributed by atoms with Crippen LogP contribution in [0.25, 0.3) is 21.5 Å². The maximum Gasteiger partial charge on any atom is 0.140 e. The number of aryl methyl sites for hydroxylation is 2. The van der Waals surface area contributed by atoms with Gasteiger partial charge >= 0.3 is 0 Å². The summed E-state index contributed by atoms with van der Waals surface area (Å²) >= 11 is 0. The molecule has 0 unspecified atom stereocenters. The van der Waals surface area contributed by atoms with Gasteiger partial charge in [0.05, 0.1) is 6.61 Å². The average Bonchev–Trinajstić information content (AvgIpc) is 2.86. The van der Waals surface area contributed by atoms with Crippen LogP contribution in [0.15, 0.2) is 36.4 Å². The predicted molar refractivity (Wildman–Crippen MR) is 143 cm³/mol. The van der Waals surface area contributed by atoms with Crippen LogP contribution >= 0.6 is 0 Å². The zero-order chi connectivity index (χ0) is 24.2. The Morgan fingerprint density at radius 1 is 0.676 bits per heavy atom. The van der Waals surface area contributed by atoms with Crippen molar-refractivity contribution in [2.75, 3.05) is 6.61 Å². The van der Waals surface area contributed by atoms with Crippen molar-refractivity contribution in [1.82, 2.24) is 0 Å². The lowest BCUT2D eigenvalue weighted by Gasteiger charge is -2.14. The molecule has 0 saturated carbocycles. The smallest absolute Gasteiger partial charge is 0.140 e. The largest absolute Gasteiger partial charge is 0.494 e. The van der Waals surface area contributed by atoms with E-state index in [1.807, 2.05) is 12.1 Å². The molecular weight excluding hydrogens is 416 g/mol. The highest BCUT2D eigenvalue weighted by atomic mass is 16.5. The van der Waals surface area contributed by atoms with Crippen molar-refractivity contribution in [1.29, 1.82) is 0 Å². The molecule has 34 heavy (non-hydrogen) atoms. The quantitative estimate of drug-likeness (QED) is 0.195. The first-order valence-electron chi connectivity index (χ1n) is 11.9. The highest BCUT2D eigenvalue weighted by Gasteiger charge is 2.11. The summed E-state index contributed by atoms with van der Waals surface area (Å²) in [6.45, 7) is 7.32. The lowest BCUT2D eigenvalue weighted by molar-refractivity contribution is 0.305. The van der Waals surface area contributed by atoms with E-state index in [0.29, 0.717) is 5.75 Å². The molecule has 0 saturated heterocycles. The van der Waals surface area contributed by atoms with E-state index in [1.54, 1.807) is 0 Å². The number of terminal acetylenes is 1. The summed E-state index contributed by atoms with van der Waals surface area (Å²) in [4.78, 5) is 0. The van der Waals surface area contributed by atoms with Crippen molar-refractivity contribution in [3.63, 3.8) is 0 Å². The highest BCUT2D eigenvalue weighted by molar-refractivity contribution is 6.06. The number of benzene rings is 3. The van der Waals surface area contributed by atoms with E-state index in [-0.39, 0.29) is 0 Å². The van der Waals surface area contributed by atoms with Gasteiger partial charge in [0, 0.05) is 17.8 Å². The molecule has 0 atom stereocenters. The van der Waals surface area contributed by atoms with E-state index in [2.05, 4.69) is 86.7 Å². The van der Waals surface area contributed by atoms with E-state index in [9.17, 15) is 0 Å². The van der Waals surface area contributed by atoms with E-state index in [1.165, 1.54) is 59.4 Å². The number of fused-ring (bicyclic) bond motifs is 2. The molecular formula is C32H30O2. The minimum Gasteiger partial charge on any atom is -0.494 e. The zero-order valence-electron chi connectivity index (χ0n) is 20.3. The van der Waals surface area contributed by atoms with Crippen LogP contribution in [0.1, 0.15) is 56.6 Å². The lowest BCUT2D eigenvalue weighted by atomic mass is 9.93. The number of hydrogen-bond acceptors (Lipinski definition) is 2. The van der Waals surface area contributed by atoms with Crippen LogP contribution in [0.3, 0.4) is 0 Å². The Kier molecular flexibility index (Phi) is 9.36. The summed E-state index contributed by atoms with van der Waals surface area (Å²) in [6.07, 6.45) is 15.2. The molecule has 170 valence electrons. The molecule has 0 amide bonds. The van der Waals surface area contributed by atoms with Gasteiger partial charge in [-0.3, -0.25) is 0 Å². The van der Waals surface area contributed by atoms with Crippen LogP contribution in [0.2, 0.25) is 0 Å². The van der Waals surface area contributed by atoms with Crippen LogP contribution in [0, 0.1) is 61.9 Å². The van der Waals surface area contributed by atoms with Gasteiger partial charge in [0.15, 0.2) is 0 Å². The van der Waals surface area contributed by atoms with Crippen molar-refractivity contribution >= 4 is 21.5 Å². The maximum atomic E-state index is 6.07. The van der Waals surface area contributed by atoms with Gasteiger partial charge in [-0.25, -0.2) is 0 Å². The molecule has 2 heteroatoms. The molecule has 3 aromatic carbocycles. The second kappa shape index (κ2) is 12.9. The van der Waals surface area contributed by atoms with Gasteiger partial charge in [0.1, 0.15) is 17.6 Å². The van der Waals surface area contributed by atoms with Crippen molar-refractivity contribution in [2.45, 2.75) is 59.3 Å². The molecule has 0 spiro atoms. The molecule has 0 radical (unpaired) electrons. The fraction of sp³-hybridized carbons (Fsp3) is 0.312. The Morgan fingerprint density at radius 3 is 1.97 bits per heavy atom. The zero-order valence-corrected chi connectivity index (χ0v) is 20.3. The molecule has 0 aliphatic rings. The van der Waals surface area contributed by atoms with E-state index in [0.717, 1.165) is 24.2 Å². The van der Waals surface area contributed by atoms with Crippen LogP contribution < -0.4 is 9.47 Å². The SMILES string of the molecule is C#CC#CC#CC#COc1ccc2c(C)c3cc(OCCCCCCCC)ccc3c(C)c2c1. The van der Waals surface area contributed by atoms with E-state index >= 15 is 0 Å². The summed E-state index contributed by atoms with van der Waals surface area (Å²) in [5.74, 6) is 16.5. The monoisotopic (exact) mass is 446 g/mol. The van der Waals surface area contributed by atoms with Crippen LogP contribution in [-0.2, 0) is 0 Å². The Balaban J connectivity index is 1.76. The first-order valence-corrected chi connectivity index (χ1v) is 11.9. The molecule has 0 bridgehead atoms. The van der Waals surface area contributed by atoms with Crippen LogP contribution in [0.5, 0.6) is 11.5 Å². The Labute approximate surface area is 204 Å². The van der Waals surface area contributed by atoms with Crippen LogP contribution in [-0.4, -0.2) is 6.61 Å². The maximum absolute atomic E-state index is 6.07. The normalized spacial score (nSPS) is 9.71. The summed E-state index contributed by atoms with van der Waals surface area (Å²) in [7, 11) is 0. The molecule has 0 fully saturated rings. The van der Waals surface area contributed by atoms with Crippen molar-refractivity contribution in [2.24, 2.45) is 0 Å². The van der Waals surface area contributed by atoms with Gasteiger partial charge in [-0.15, -0.1) is 6.42 Å². The summed E-state index contributed by atoms with van der Waals surface area (Å²) < 4.78 is 11.6.